The minimum atomic E-state index is -0.0567. The van der Waals surface area contributed by atoms with Crippen molar-refractivity contribution >= 4 is 23.2 Å². The SMILES string of the molecule is CN(C)C(=O)c1cnc([C@@H]2CCCN2C(=O)c2ccncc2)s1. The van der Waals surface area contributed by atoms with Gasteiger partial charge in [-0.15, -0.1) is 11.3 Å². The third-order valence-electron chi connectivity index (χ3n) is 3.87. The lowest BCUT2D eigenvalue weighted by atomic mass is 10.2. The summed E-state index contributed by atoms with van der Waals surface area (Å²) in [5.74, 6) is -0.0654. The molecule has 23 heavy (non-hydrogen) atoms. The van der Waals surface area contributed by atoms with Crippen molar-refractivity contribution in [3.05, 3.63) is 46.2 Å². The zero-order valence-corrected chi connectivity index (χ0v) is 13.9. The van der Waals surface area contributed by atoms with Crippen LogP contribution in [0.4, 0.5) is 0 Å². The molecule has 0 saturated carbocycles. The second-order valence-electron chi connectivity index (χ2n) is 5.65. The molecule has 1 atom stereocenters. The standard InChI is InChI=1S/C16H18N4O2S/c1-19(2)16(22)13-10-18-14(23-13)12-4-3-9-20(12)15(21)11-5-7-17-8-6-11/h5-8,10,12H,3-4,9H2,1-2H3/t12-/m0/s1. The summed E-state index contributed by atoms with van der Waals surface area (Å²) in [7, 11) is 3.44. The van der Waals surface area contributed by atoms with Crippen LogP contribution in [0.2, 0.25) is 0 Å². The van der Waals surface area contributed by atoms with Crippen LogP contribution in [-0.4, -0.2) is 52.2 Å². The lowest BCUT2D eigenvalue weighted by Gasteiger charge is -2.23. The molecule has 1 aliphatic rings. The number of nitrogens with zero attached hydrogens (tertiary/aromatic N) is 4. The van der Waals surface area contributed by atoms with Crippen molar-refractivity contribution in [1.29, 1.82) is 0 Å². The fourth-order valence-corrected chi connectivity index (χ4v) is 3.77. The Kier molecular flexibility index (Phi) is 4.38. The number of rotatable bonds is 3. The van der Waals surface area contributed by atoms with E-state index < -0.39 is 0 Å². The molecule has 3 rings (SSSR count). The van der Waals surface area contributed by atoms with Crippen molar-refractivity contribution in [3.63, 3.8) is 0 Å². The van der Waals surface area contributed by atoms with Gasteiger partial charge in [0.1, 0.15) is 9.88 Å². The van der Waals surface area contributed by atoms with Gasteiger partial charge in [-0.1, -0.05) is 0 Å². The van der Waals surface area contributed by atoms with Crippen LogP contribution in [0, 0.1) is 0 Å². The maximum atomic E-state index is 12.7. The van der Waals surface area contributed by atoms with E-state index in [1.54, 1.807) is 44.8 Å². The number of pyridine rings is 1. The molecule has 3 heterocycles. The van der Waals surface area contributed by atoms with Crippen LogP contribution >= 0.6 is 11.3 Å². The first-order valence-electron chi connectivity index (χ1n) is 7.46. The van der Waals surface area contributed by atoms with Gasteiger partial charge in [0.05, 0.1) is 12.2 Å². The second-order valence-corrected chi connectivity index (χ2v) is 6.72. The van der Waals surface area contributed by atoms with E-state index >= 15 is 0 Å². The molecule has 0 aliphatic carbocycles. The average Bonchev–Trinajstić information content (AvgIpc) is 3.23. The summed E-state index contributed by atoms with van der Waals surface area (Å²) in [6, 6.07) is 3.39. The molecule has 0 aromatic carbocycles. The van der Waals surface area contributed by atoms with Crippen LogP contribution in [0.1, 0.15) is 43.9 Å². The van der Waals surface area contributed by atoms with Crippen LogP contribution in [0.15, 0.2) is 30.7 Å². The second kappa shape index (κ2) is 6.45. The number of hydrogen-bond acceptors (Lipinski definition) is 5. The number of carbonyl (C=O) groups is 2. The maximum Gasteiger partial charge on any atom is 0.265 e. The maximum absolute atomic E-state index is 12.7. The Morgan fingerprint density at radius 1 is 1.30 bits per heavy atom. The van der Waals surface area contributed by atoms with Crippen LogP contribution in [0.25, 0.3) is 0 Å². The van der Waals surface area contributed by atoms with Gasteiger partial charge in [0.25, 0.3) is 11.8 Å². The average molecular weight is 330 g/mol. The van der Waals surface area contributed by atoms with Gasteiger partial charge in [-0.3, -0.25) is 14.6 Å². The molecule has 7 heteroatoms. The molecule has 1 aliphatic heterocycles. The molecule has 1 saturated heterocycles. The van der Waals surface area contributed by atoms with E-state index in [2.05, 4.69) is 9.97 Å². The van der Waals surface area contributed by atoms with Crippen molar-refractivity contribution in [2.24, 2.45) is 0 Å². The molecule has 1 fully saturated rings. The first-order chi connectivity index (χ1) is 11.1. The Morgan fingerprint density at radius 3 is 2.74 bits per heavy atom. The number of likely N-dealkylation sites (tertiary alicyclic amines) is 1. The highest BCUT2D eigenvalue weighted by molar-refractivity contribution is 7.13. The van der Waals surface area contributed by atoms with Gasteiger partial charge >= 0.3 is 0 Å². The Hall–Kier alpha value is -2.28. The van der Waals surface area contributed by atoms with Gasteiger partial charge in [0, 0.05) is 38.6 Å². The summed E-state index contributed by atoms with van der Waals surface area (Å²) in [6.07, 6.45) is 6.67. The van der Waals surface area contributed by atoms with E-state index in [4.69, 9.17) is 0 Å². The van der Waals surface area contributed by atoms with E-state index in [0.29, 0.717) is 17.0 Å². The van der Waals surface area contributed by atoms with E-state index in [1.165, 1.54) is 16.2 Å². The lowest BCUT2D eigenvalue weighted by molar-refractivity contribution is 0.0735. The van der Waals surface area contributed by atoms with Crippen molar-refractivity contribution in [1.82, 2.24) is 19.8 Å². The quantitative estimate of drug-likeness (QED) is 0.865. The highest BCUT2D eigenvalue weighted by atomic mass is 32.1. The molecular formula is C16H18N4O2S. The van der Waals surface area contributed by atoms with Gasteiger partial charge in [-0.2, -0.15) is 0 Å². The van der Waals surface area contributed by atoms with Crippen molar-refractivity contribution < 1.29 is 9.59 Å². The number of aromatic nitrogens is 2. The summed E-state index contributed by atoms with van der Waals surface area (Å²) >= 11 is 1.37. The first-order valence-corrected chi connectivity index (χ1v) is 8.28. The van der Waals surface area contributed by atoms with Gasteiger partial charge in [0.15, 0.2) is 0 Å². The fraction of sp³-hybridized carbons (Fsp3) is 0.375. The summed E-state index contributed by atoms with van der Waals surface area (Å²) in [5.41, 5.74) is 0.632. The number of amides is 2. The normalized spacial score (nSPS) is 17.3. The molecule has 2 aromatic rings. The van der Waals surface area contributed by atoms with Crippen LogP contribution in [-0.2, 0) is 0 Å². The topological polar surface area (TPSA) is 66.4 Å². The molecule has 0 N–H and O–H groups in total. The molecule has 0 radical (unpaired) electrons. The number of thiazole rings is 1. The molecule has 120 valence electrons. The predicted molar refractivity (Wildman–Crippen MR) is 87.4 cm³/mol. The highest BCUT2D eigenvalue weighted by Crippen LogP contribution is 2.35. The fourth-order valence-electron chi connectivity index (χ4n) is 2.69. The Balaban J connectivity index is 1.82. The van der Waals surface area contributed by atoms with Crippen molar-refractivity contribution in [2.45, 2.75) is 18.9 Å². The monoisotopic (exact) mass is 330 g/mol. The third kappa shape index (κ3) is 3.10. The van der Waals surface area contributed by atoms with Gasteiger partial charge in [-0.05, 0) is 25.0 Å². The molecule has 0 bridgehead atoms. The summed E-state index contributed by atoms with van der Waals surface area (Å²) < 4.78 is 0. The molecule has 0 unspecified atom stereocenters. The van der Waals surface area contributed by atoms with Gasteiger partial charge in [-0.25, -0.2) is 4.98 Å². The summed E-state index contributed by atoms with van der Waals surface area (Å²) in [6.45, 7) is 0.711. The van der Waals surface area contributed by atoms with Crippen LogP contribution in [0.3, 0.4) is 0 Å². The Labute approximate surface area is 138 Å². The zero-order valence-electron chi connectivity index (χ0n) is 13.1. The Morgan fingerprint density at radius 2 is 2.04 bits per heavy atom. The van der Waals surface area contributed by atoms with Crippen molar-refractivity contribution in [2.75, 3.05) is 20.6 Å². The third-order valence-corrected chi connectivity index (χ3v) is 4.95. The van der Waals surface area contributed by atoms with Crippen LogP contribution in [0.5, 0.6) is 0 Å². The molecule has 0 spiro atoms. The van der Waals surface area contributed by atoms with E-state index in [-0.39, 0.29) is 17.9 Å². The Bertz CT molecular complexity index is 714. The van der Waals surface area contributed by atoms with E-state index in [9.17, 15) is 9.59 Å². The predicted octanol–water partition coefficient (Wildman–Crippen LogP) is 2.22. The van der Waals surface area contributed by atoms with E-state index in [0.717, 1.165) is 17.8 Å². The molecular weight excluding hydrogens is 312 g/mol. The first kappa shape index (κ1) is 15.6. The molecule has 2 amide bonds. The zero-order chi connectivity index (χ0) is 16.4. The van der Waals surface area contributed by atoms with Crippen LogP contribution < -0.4 is 0 Å². The van der Waals surface area contributed by atoms with E-state index in [1.807, 2.05) is 4.90 Å². The number of carbonyl (C=O) groups excluding carboxylic acids is 2. The highest BCUT2D eigenvalue weighted by Gasteiger charge is 2.33. The lowest BCUT2D eigenvalue weighted by Crippen LogP contribution is -2.30. The molecule has 2 aromatic heterocycles. The smallest absolute Gasteiger partial charge is 0.265 e. The molecule has 6 nitrogen and oxygen atoms in total. The van der Waals surface area contributed by atoms with Crippen molar-refractivity contribution in [3.8, 4) is 0 Å². The summed E-state index contributed by atoms with van der Waals surface area (Å²) in [5, 5.41) is 0.829. The van der Waals surface area contributed by atoms with Gasteiger partial charge in [0.2, 0.25) is 0 Å². The summed E-state index contributed by atoms with van der Waals surface area (Å²) in [4.78, 5) is 37.0. The van der Waals surface area contributed by atoms with Gasteiger partial charge < -0.3 is 9.80 Å². The minimum absolute atomic E-state index is 0.00872. The largest absolute Gasteiger partial charge is 0.344 e. The minimum Gasteiger partial charge on any atom is -0.344 e. The number of hydrogen-bond donors (Lipinski definition) is 0.